The van der Waals surface area contributed by atoms with Gasteiger partial charge in [-0.2, -0.15) is 0 Å². The van der Waals surface area contributed by atoms with E-state index in [1.807, 2.05) is 0 Å². The van der Waals surface area contributed by atoms with Gasteiger partial charge in [0, 0.05) is 31.7 Å². The maximum Gasteiger partial charge on any atom is 0.0244 e. The van der Waals surface area contributed by atoms with Crippen LogP contribution in [-0.4, -0.2) is 36.6 Å². The lowest BCUT2D eigenvalue weighted by molar-refractivity contribution is 0.104. The Hall–Kier alpha value is -0.340. The second kappa shape index (κ2) is 6.01. The minimum Gasteiger partial charge on any atom is -0.311 e. The first-order valence-electron chi connectivity index (χ1n) is 7.32. The highest BCUT2D eigenvalue weighted by Crippen LogP contribution is 2.22. The SMILES string of the molecule is CC1CN(CCC2=CCCC2)C(C(C)C)CN1. The van der Waals surface area contributed by atoms with Crippen molar-refractivity contribution in [3.63, 3.8) is 0 Å². The standard InChI is InChI=1S/C15H28N2/c1-12(2)15-10-16-13(3)11-17(15)9-8-14-6-4-5-7-14/h6,12-13,15-16H,4-5,7-11H2,1-3H3. The van der Waals surface area contributed by atoms with Gasteiger partial charge in [0.25, 0.3) is 0 Å². The van der Waals surface area contributed by atoms with Crippen LogP contribution in [0.15, 0.2) is 11.6 Å². The van der Waals surface area contributed by atoms with E-state index in [9.17, 15) is 0 Å². The summed E-state index contributed by atoms with van der Waals surface area (Å²) in [6.45, 7) is 10.7. The molecule has 2 nitrogen and oxygen atoms in total. The van der Waals surface area contributed by atoms with E-state index in [1.165, 1.54) is 38.8 Å². The Morgan fingerprint density at radius 2 is 2.29 bits per heavy atom. The highest BCUT2D eigenvalue weighted by molar-refractivity contribution is 5.08. The third-order valence-electron chi connectivity index (χ3n) is 4.28. The Bertz CT molecular complexity index is 270. The Balaban J connectivity index is 1.86. The van der Waals surface area contributed by atoms with E-state index in [1.54, 1.807) is 5.57 Å². The zero-order valence-corrected chi connectivity index (χ0v) is 11.7. The third-order valence-corrected chi connectivity index (χ3v) is 4.28. The summed E-state index contributed by atoms with van der Waals surface area (Å²) in [5.41, 5.74) is 1.71. The lowest BCUT2D eigenvalue weighted by Crippen LogP contribution is -2.57. The quantitative estimate of drug-likeness (QED) is 0.755. The number of rotatable bonds is 4. The summed E-state index contributed by atoms with van der Waals surface area (Å²) in [7, 11) is 0. The van der Waals surface area contributed by atoms with Crippen LogP contribution in [-0.2, 0) is 0 Å². The van der Waals surface area contributed by atoms with Gasteiger partial charge in [-0.3, -0.25) is 4.90 Å². The summed E-state index contributed by atoms with van der Waals surface area (Å²) >= 11 is 0. The van der Waals surface area contributed by atoms with Gasteiger partial charge in [0.1, 0.15) is 0 Å². The second-order valence-electron chi connectivity index (χ2n) is 6.12. The fourth-order valence-corrected chi connectivity index (χ4v) is 3.17. The molecule has 17 heavy (non-hydrogen) atoms. The summed E-state index contributed by atoms with van der Waals surface area (Å²) in [6, 6.07) is 1.38. The van der Waals surface area contributed by atoms with Crippen molar-refractivity contribution in [2.75, 3.05) is 19.6 Å². The maximum atomic E-state index is 3.62. The minimum atomic E-state index is 0.655. The van der Waals surface area contributed by atoms with Gasteiger partial charge in [0.2, 0.25) is 0 Å². The molecule has 0 amide bonds. The minimum absolute atomic E-state index is 0.655. The molecule has 2 unspecified atom stereocenters. The summed E-state index contributed by atoms with van der Waals surface area (Å²) in [6.07, 6.45) is 7.84. The molecule has 0 aromatic heterocycles. The maximum absolute atomic E-state index is 3.62. The van der Waals surface area contributed by atoms with E-state index in [0.717, 1.165) is 18.5 Å². The van der Waals surface area contributed by atoms with Crippen molar-refractivity contribution in [1.29, 1.82) is 0 Å². The van der Waals surface area contributed by atoms with Gasteiger partial charge in [-0.15, -0.1) is 0 Å². The van der Waals surface area contributed by atoms with Crippen LogP contribution in [0, 0.1) is 5.92 Å². The van der Waals surface area contributed by atoms with Crippen LogP contribution in [0.25, 0.3) is 0 Å². The van der Waals surface area contributed by atoms with Gasteiger partial charge >= 0.3 is 0 Å². The molecule has 0 radical (unpaired) electrons. The first-order valence-corrected chi connectivity index (χ1v) is 7.32. The topological polar surface area (TPSA) is 15.3 Å². The van der Waals surface area contributed by atoms with Gasteiger partial charge in [-0.1, -0.05) is 25.5 Å². The van der Waals surface area contributed by atoms with E-state index in [-0.39, 0.29) is 0 Å². The van der Waals surface area contributed by atoms with Crippen LogP contribution in [0.5, 0.6) is 0 Å². The van der Waals surface area contributed by atoms with Crippen molar-refractivity contribution in [3.8, 4) is 0 Å². The zero-order valence-electron chi connectivity index (χ0n) is 11.7. The van der Waals surface area contributed by atoms with Crippen LogP contribution in [0.2, 0.25) is 0 Å². The Morgan fingerprint density at radius 3 is 2.94 bits per heavy atom. The molecular weight excluding hydrogens is 208 g/mol. The molecule has 2 aliphatic rings. The van der Waals surface area contributed by atoms with E-state index in [2.05, 4.69) is 37.1 Å². The fraction of sp³-hybridized carbons (Fsp3) is 0.867. The predicted molar refractivity (Wildman–Crippen MR) is 74.2 cm³/mol. The number of hydrogen-bond acceptors (Lipinski definition) is 2. The molecule has 1 heterocycles. The number of piperazine rings is 1. The molecular formula is C15H28N2. The van der Waals surface area contributed by atoms with Crippen molar-refractivity contribution in [2.24, 2.45) is 5.92 Å². The van der Waals surface area contributed by atoms with Gasteiger partial charge in [-0.05, 0) is 38.5 Å². The second-order valence-corrected chi connectivity index (χ2v) is 6.12. The zero-order chi connectivity index (χ0) is 12.3. The summed E-state index contributed by atoms with van der Waals surface area (Å²) in [5.74, 6) is 0.757. The van der Waals surface area contributed by atoms with E-state index in [0.29, 0.717) is 6.04 Å². The lowest BCUT2D eigenvalue weighted by Gasteiger charge is -2.41. The molecule has 1 aliphatic heterocycles. The average molecular weight is 236 g/mol. The van der Waals surface area contributed by atoms with Crippen molar-refractivity contribution < 1.29 is 0 Å². The van der Waals surface area contributed by atoms with Crippen molar-refractivity contribution in [2.45, 2.75) is 58.5 Å². The van der Waals surface area contributed by atoms with Gasteiger partial charge in [0.15, 0.2) is 0 Å². The van der Waals surface area contributed by atoms with Crippen molar-refractivity contribution in [1.82, 2.24) is 10.2 Å². The predicted octanol–water partition coefficient (Wildman–Crippen LogP) is 2.81. The van der Waals surface area contributed by atoms with Crippen LogP contribution in [0.4, 0.5) is 0 Å². The average Bonchev–Trinajstić information content (AvgIpc) is 2.78. The van der Waals surface area contributed by atoms with Crippen LogP contribution in [0.3, 0.4) is 0 Å². The van der Waals surface area contributed by atoms with Crippen LogP contribution in [0.1, 0.15) is 46.5 Å². The molecule has 0 aromatic carbocycles. The smallest absolute Gasteiger partial charge is 0.0244 e. The van der Waals surface area contributed by atoms with Crippen LogP contribution >= 0.6 is 0 Å². The number of nitrogens with one attached hydrogen (secondary N) is 1. The van der Waals surface area contributed by atoms with Gasteiger partial charge < -0.3 is 5.32 Å². The molecule has 2 atom stereocenters. The van der Waals surface area contributed by atoms with Crippen molar-refractivity contribution in [3.05, 3.63) is 11.6 Å². The molecule has 1 saturated heterocycles. The normalized spacial score (nSPS) is 30.9. The van der Waals surface area contributed by atoms with E-state index < -0.39 is 0 Å². The van der Waals surface area contributed by atoms with Crippen LogP contribution < -0.4 is 5.32 Å². The largest absolute Gasteiger partial charge is 0.311 e. The molecule has 1 fully saturated rings. The number of allylic oxidation sites excluding steroid dienone is 1. The highest BCUT2D eigenvalue weighted by atomic mass is 15.2. The molecule has 2 rings (SSSR count). The molecule has 2 heteroatoms. The molecule has 0 bridgehead atoms. The Kier molecular flexibility index (Phi) is 4.63. The highest BCUT2D eigenvalue weighted by Gasteiger charge is 2.27. The summed E-state index contributed by atoms with van der Waals surface area (Å²) in [5, 5.41) is 3.62. The third kappa shape index (κ3) is 3.56. The molecule has 98 valence electrons. The lowest BCUT2D eigenvalue weighted by atomic mass is 9.98. The Morgan fingerprint density at radius 1 is 1.47 bits per heavy atom. The molecule has 1 aliphatic carbocycles. The molecule has 0 aromatic rings. The first kappa shape index (κ1) is 13.1. The van der Waals surface area contributed by atoms with Gasteiger partial charge in [-0.25, -0.2) is 0 Å². The number of nitrogens with zero attached hydrogens (tertiary/aromatic N) is 1. The molecule has 0 spiro atoms. The number of hydrogen-bond donors (Lipinski definition) is 1. The Labute approximate surface area is 106 Å². The molecule has 1 N–H and O–H groups in total. The summed E-state index contributed by atoms with van der Waals surface area (Å²) in [4.78, 5) is 2.71. The fourth-order valence-electron chi connectivity index (χ4n) is 3.17. The van der Waals surface area contributed by atoms with Crippen molar-refractivity contribution >= 4 is 0 Å². The monoisotopic (exact) mass is 236 g/mol. The summed E-state index contributed by atoms with van der Waals surface area (Å²) < 4.78 is 0. The molecule has 0 saturated carbocycles. The van der Waals surface area contributed by atoms with Gasteiger partial charge in [0.05, 0.1) is 0 Å². The first-order chi connectivity index (χ1) is 8.16. The van der Waals surface area contributed by atoms with E-state index >= 15 is 0 Å². The van der Waals surface area contributed by atoms with E-state index in [4.69, 9.17) is 0 Å².